The number of hydrogen-bond donors (Lipinski definition) is 0. The Kier molecular flexibility index (Phi) is 4.07. The van der Waals surface area contributed by atoms with Crippen molar-refractivity contribution >= 4 is 5.78 Å². The molecule has 0 aromatic heterocycles. The van der Waals surface area contributed by atoms with E-state index in [9.17, 15) is 9.18 Å². The first-order chi connectivity index (χ1) is 8.93. The van der Waals surface area contributed by atoms with Crippen LogP contribution >= 0.6 is 0 Å². The van der Waals surface area contributed by atoms with Crippen molar-refractivity contribution in [3.8, 4) is 0 Å². The Hall–Kier alpha value is -1.18. The Morgan fingerprint density at radius 1 is 1.16 bits per heavy atom. The molecule has 0 amide bonds. The van der Waals surface area contributed by atoms with Crippen LogP contribution in [-0.4, -0.2) is 5.78 Å². The second kappa shape index (κ2) is 5.44. The molecule has 0 aliphatic heterocycles. The minimum atomic E-state index is -0.155. The van der Waals surface area contributed by atoms with Gasteiger partial charge in [0.05, 0.1) is 0 Å². The molecule has 1 saturated carbocycles. The van der Waals surface area contributed by atoms with Crippen LogP contribution in [0.2, 0.25) is 0 Å². The maximum Gasteiger partial charge on any atom is 0.130 e. The third-order valence-corrected chi connectivity index (χ3v) is 5.03. The summed E-state index contributed by atoms with van der Waals surface area (Å²) in [6, 6.07) is 5.35. The van der Waals surface area contributed by atoms with Crippen molar-refractivity contribution in [3.63, 3.8) is 0 Å². The summed E-state index contributed by atoms with van der Waals surface area (Å²) in [5, 5.41) is 0. The number of carbonyl (C=O) groups excluding carboxylic acids is 1. The second-order valence-electron chi connectivity index (χ2n) is 6.11. The van der Waals surface area contributed by atoms with E-state index in [-0.39, 0.29) is 11.6 Å². The van der Waals surface area contributed by atoms with Crippen molar-refractivity contribution in [2.24, 2.45) is 17.8 Å². The van der Waals surface area contributed by atoms with Crippen molar-refractivity contribution < 1.29 is 9.18 Å². The lowest BCUT2D eigenvalue weighted by molar-refractivity contribution is -0.116. The zero-order valence-electron chi connectivity index (χ0n) is 12.2. The van der Waals surface area contributed by atoms with Gasteiger partial charge in [-0.2, -0.15) is 0 Å². The maximum atomic E-state index is 14.1. The number of benzene rings is 1. The lowest BCUT2D eigenvalue weighted by atomic mass is 9.56. The molecule has 1 aromatic rings. The molecule has 0 N–H and O–H groups in total. The summed E-state index contributed by atoms with van der Waals surface area (Å²) in [5.74, 6) is 2.28. The fourth-order valence-electron chi connectivity index (χ4n) is 3.49. The summed E-state index contributed by atoms with van der Waals surface area (Å²) in [5.41, 5.74) is 1.88. The van der Waals surface area contributed by atoms with E-state index in [1.807, 2.05) is 6.07 Å². The van der Waals surface area contributed by atoms with E-state index in [2.05, 4.69) is 20.8 Å². The van der Waals surface area contributed by atoms with Gasteiger partial charge in [0.1, 0.15) is 11.6 Å². The minimum absolute atomic E-state index is 0.122. The van der Waals surface area contributed by atoms with Gasteiger partial charge in [0.15, 0.2) is 0 Å². The number of rotatable bonds is 4. The van der Waals surface area contributed by atoms with Gasteiger partial charge in [0, 0.05) is 6.42 Å². The Morgan fingerprint density at radius 3 is 2.37 bits per heavy atom. The molecular formula is C17H23FO. The first-order valence-corrected chi connectivity index (χ1v) is 7.20. The molecule has 2 heteroatoms. The quantitative estimate of drug-likeness (QED) is 0.788. The van der Waals surface area contributed by atoms with Crippen LogP contribution in [0.1, 0.15) is 51.2 Å². The average Bonchev–Trinajstić information content (AvgIpc) is 2.37. The van der Waals surface area contributed by atoms with Crippen molar-refractivity contribution in [2.75, 3.05) is 0 Å². The van der Waals surface area contributed by atoms with Gasteiger partial charge in [-0.3, -0.25) is 0 Å². The van der Waals surface area contributed by atoms with E-state index in [4.69, 9.17) is 0 Å². The fraction of sp³-hybridized carbons (Fsp3) is 0.588. The van der Waals surface area contributed by atoms with Crippen molar-refractivity contribution in [1.82, 2.24) is 0 Å². The number of halogens is 1. The first kappa shape index (κ1) is 14.2. The van der Waals surface area contributed by atoms with Crippen molar-refractivity contribution in [1.29, 1.82) is 0 Å². The molecule has 104 valence electrons. The van der Waals surface area contributed by atoms with Crippen molar-refractivity contribution in [2.45, 2.75) is 46.5 Å². The summed E-state index contributed by atoms with van der Waals surface area (Å²) in [7, 11) is 0. The van der Waals surface area contributed by atoms with E-state index in [1.165, 1.54) is 6.07 Å². The van der Waals surface area contributed by atoms with Crippen LogP contribution in [0.4, 0.5) is 4.39 Å². The molecule has 1 aliphatic carbocycles. The van der Waals surface area contributed by atoms with Crippen LogP contribution in [0.25, 0.3) is 0 Å². The molecule has 0 heterocycles. The van der Waals surface area contributed by atoms with Gasteiger partial charge in [-0.05, 0) is 54.2 Å². The Labute approximate surface area is 115 Å². The molecule has 2 atom stereocenters. The predicted octanol–water partition coefficient (Wildman–Crippen LogP) is 4.35. The van der Waals surface area contributed by atoms with Gasteiger partial charge in [0.25, 0.3) is 0 Å². The van der Waals surface area contributed by atoms with Crippen molar-refractivity contribution in [3.05, 3.63) is 35.1 Å². The van der Waals surface area contributed by atoms with E-state index in [0.717, 1.165) is 11.1 Å². The summed E-state index contributed by atoms with van der Waals surface area (Å²) < 4.78 is 14.1. The lowest BCUT2D eigenvalue weighted by Crippen LogP contribution is -2.40. The highest BCUT2D eigenvalue weighted by Gasteiger charge is 2.43. The normalized spacial score (nSPS) is 29.9. The minimum Gasteiger partial charge on any atom is -0.300 e. The largest absolute Gasteiger partial charge is 0.300 e. The smallest absolute Gasteiger partial charge is 0.130 e. The highest BCUT2D eigenvalue weighted by atomic mass is 19.1. The zero-order chi connectivity index (χ0) is 14.2. The molecule has 1 fully saturated rings. The van der Waals surface area contributed by atoms with Crippen LogP contribution in [-0.2, 0) is 11.2 Å². The van der Waals surface area contributed by atoms with Gasteiger partial charge in [-0.15, -0.1) is 0 Å². The summed E-state index contributed by atoms with van der Waals surface area (Å²) in [6.07, 6.45) is 0.959. The van der Waals surface area contributed by atoms with Gasteiger partial charge in [-0.1, -0.05) is 32.9 Å². The van der Waals surface area contributed by atoms with E-state index >= 15 is 0 Å². The maximum absolute atomic E-state index is 14.1. The van der Waals surface area contributed by atoms with Gasteiger partial charge >= 0.3 is 0 Å². The molecule has 1 nitrogen and oxygen atoms in total. The van der Waals surface area contributed by atoms with E-state index in [1.54, 1.807) is 13.0 Å². The molecule has 2 unspecified atom stereocenters. The number of ketones is 1. The topological polar surface area (TPSA) is 17.1 Å². The third kappa shape index (κ3) is 2.58. The van der Waals surface area contributed by atoms with E-state index in [0.29, 0.717) is 36.5 Å². The average molecular weight is 262 g/mol. The second-order valence-corrected chi connectivity index (χ2v) is 6.11. The number of hydrogen-bond acceptors (Lipinski definition) is 1. The molecule has 0 spiro atoms. The predicted molar refractivity (Wildman–Crippen MR) is 75.6 cm³/mol. The fourth-order valence-corrected chi connectivity index (χ4v) is 3.49. The molecule has 0 saturated heterocycles. The summed E-state index contributed by atoms with van der Waals surface area (Å²) >= 11 is 0. The molecule has 2 rings (SSSR count). The molecule has 1 aliphatic rings. The van der Waals surface area contributed by atoms with Gasteiger partial charge in [-0.25, -0.2) is 4.39 Å². The molecule has 1 aromatic carbocycles. The monoisotopic (exact) mass is 262 g/mol. The van der Waals surface area contributed by atoms with E-state index < -0.39 is 0 Å². The summed E-state index contributed by atoms with van der Waals surface area (Å²) in [4.78, 5) is 11.2. The lowest BCUT2D eigenvalue weighted by Gasteiger charge is -2.49. The molecule has 0 radical (unpaired) electrons. The first-order valence-electron chi connectivity index (χ1n) is 7.20. The summed E-state index contributed by atoms with van der Waals surface area (Å²) in [6.45, 7) is 8.32. The highest BCUT2D eigenvalue weighted by Crippen LogP contribution is 2.52. The van der Waals surface area contributed by atoms with Crippen LogP contribution in [0.3, 0.4) is 0 Å². The van der Waals surface area contributed by atoms with Crippen LogP contribution in [0.15, 0.2) is 18.2 Å². The highest BCUT2D eigenvalue weighted by molar-refractivity contribution is 5.75. The third-order valence-electron chi connectivity index (χ3n) is 5.03. The Morgan fingerprint density at radius 2 is 1.79 bits per heavy atom. The number of carbonyl (C=O) groups is 1. The van der Waals surface area contributed by atoms with Gasteiger partial charge in [0.2, 0.25) is 0 Å². The molecular weight excluding hydrogens is 239 g/mol. The van der Waals surface area contributed by atoms with Gasteiger partial charge < -0.3 is 4.79 Å². The molecule has 0 bridgehead atoms. The van der Waals surface area contributed by atoms with Crippen LogP contribution < -0.4 is 0 Å². The number of Topliss-reactive ketones (excluding diaryl/α,β-unsaturated/α-hetero) is 1. The SMILES string of the molecule is CC(=O)CCc1c(F)cccc1C1C(C)C(C)C1C. The standard InChI is InChI=1S/C17H23FO/c1-10(19)8-9-14-15(6-5-7-16(14)18)17-12(3)11(2)13(17)4/h5-7,11-13,17H,8-9H2,1-4H3. The van der Waals surface area contributed by atoms with Crippen LogP contribution in [0, 0.1) is 23.6 Å². The molecule has 19 heavy (non-hydrogen) atoms. The zero-order valence-corrected chi connectivity index (χ0v) is 12.2. The van der Waals surface area contributed by atoms with Crippen LogP contribution in [0.5, 0.6) is 0 Å². The Bertz CT molecular complexity index is 470. The Balaban J connectivity index is 2.30.